The lowest BCUT2D eigenvalue weighted by Gasteiger charge is -2.04. The Morgan fingerprint density at radius 1 is 1.33 bits per heavy atom. The Morgan fingerprint density at radius 3 is 2.83 bits per heavy atom. The topological polar surface area (TPSA) is 39.2 Å². The molecular formula is C13H11Cl2NO2. The number of halogens is 2. The Labute approximate surface area is 115 Å². The van der Waals surface area contributed by atoms with Gasteiger partial charge in [0.2, 0.25) is 0 Å². The minimum absolute atomic E-state index is 0.249. The van der Waals surface area contributed by atoms with Crippen molar-refractivity contribution in [1.29, 1.82) is 0 Å². The molecule has 0 spiro atoms. The number of aromatic nitrogens is 1. The van der Waals surface area contributed by atoms with Crippen molar-refractivity contribution >= 4 is 40.1 Å². The van der Waals surface area contributed by atoms with Crippen LogP contribution in [0.4, 0.5) is 0 Å². The summed E-state index contributed by atoms with van der Waals surface area (Å²) in [4.78, 5) is 15.5. The Morgan fingerprint density at radius 2 is 2.11 bits per heavy atom. The third kappa shape index (κ3) is 2.92. The number of carbonyl (C=O) groups excluding carboxylic acids is 1. The van der Waals surface area contributed by atoms with E-state index in [9.17, 15) is 4.79 Å². The van der Waals surface area contributed by atoms with Gasteiger partial charge in [-0.2, -0.15) is 0 Å². The van der Waals surface area contributed by atoms with Gasteiger partial charge in [-0.15, -0.1) is 0 Å². The van der Waals surface area contributed by atoms with Gasteiger partial charge in [-0.05, 0) is 24.3 Å². The highest BCUT2D eigenvalue weighted by atomic mass is 35.5. The molecule has 1 aromatic heterocycles. The molecule has 0 aliphatic carbocycles. The summed E-state index contributed by atoms with van der Waals surface area (Å²) in [5.41, 5.74) is 1.54. The van der Waals surface area contributed by atoms with Crippen LogP contribution in [0.3, 0.4) is 0 Å². The Hall–Kier alpha value is -1.32. The first kappa shape index (κ1) is 13.1. The number of rotatable bonds is 3. The number of nitrogens with zero attached hydrogens (tertiary/aromatic N) is 1. The third-order valence-corrected chi connectivity index (χ3v) is 3.12. The second-order valence-corrected chi connectivity index (χ2v) is 4.68. The quantitative estimate of drug-likeness (QED) is 0.808. The SMILES string of the molecule is COC(=O)CCc1ccc2c(Cl)cc(Cl)cc2n1. The average molecular weight is 284 g/mol. The summed E-state index contributed by atoms with van der Waals surface area (Å²) in [5, 5.41) is 1.97. The highest BCUT2D eigenvalue weighted by molar-refractivity contribution is 6.38. The van der Waals surface area contributed by atoms with E-state index in [1.807, 2.05) is 12.1 Å². The molecule has 0 aliphatic rings. The van der Waals surface area contributed by atoms with Crippen LogP contribution in [0.2, 0.25) is 10.0 Å². The number of fused-ring (bicyclic) bond motifs is 1. The van der Waals surface area contributed by atoms with Crippen molar-refractivity contribution in [2.45, 2.75) is 12.8 Å². The van der Waals surface area contributed by atoms with Crippen molar-refractivity contribution in [2.24, 2.45) is 0 Å². The average Bonchev–Trinajstić information content (AvgIpc) is 2.35. The highest BCUT2D eigenvalue weighted by Gasteiger charge is 2.06. The van der Waals surface area contributed by atoms with E-state index in [4.69, 9.17) is 23.2 Å². The zero-order valence-electron chi connectivity index (χ0n) is 9.74. The molecule has 1 aromatic carbocycles. The van der Waals surface area contributed by atoms with Gasteiger partial charge >= 0.3 is 5.97 Å². The van der Waals surface area contributed by atoms with Crippen LogP contribution in [0, 0.1) is 0 Å². The van der Waals surface area contributed by atoms with E-state index in [1.54, 1.807) is 12.1 Å². The van der Waals surface area contributed by atoms with Crippen LogP contribution in [0.15, 0.2) is 24.3 Å². The molecule has 94 valence electrons. The molecule has 0 saturated carbocycles. The fraction of sp³-hybridized carbons (Fsp3) is 0.231. The van der Waals surface area contributed by atoms with Crippen molar-refractivity contribution in [3.63, 3.8) is 0 Å². The molecule has 0 N–H and O–H groups in total. The molecule has 0 aliphatic heterocycles. The monoisotopic (exact) mass is 283 g/mol. The van der Waals surface area contributed by atoms with Crippen molar-refractivity contribution in [3.8, 4) is 0 Å². The summed E-state index contributed by atoms with van der Waals surface area (Å²) < 4.78 is 4.59. The Kier molecular flexibility index (Phi) is 4.04. The van der Waals surface area contributed by atoms with Crippen molar-refractivity contribution in [3.05, 3.63) is 40.0 Å². The Bertz CT molecular complexity index is 599. The van der Waals surface area contributed by atoms with E-state index < -0.39 is 0 Å². The molecule has 0 fully saturated rings. The van der Waals surface area contributed by atoms with Crippen molar-refractivity contribution in [2.75, 3.05) is 7.11 Å². The molecule has 1 heterocycles. The molecule has 3 nitrogen and oxygen atoms in total. The maximum atomic E-state index is 11.1. The van der Waals surface area contributed by atoms with Crippen molar-refractivity contribution in [1.82, 2.24) is 4.98 Å². The van der Waals surface area contributed by atoms with E-state index in [1.165, 1.54) is 7.11 Å². The molecule has 0 radical (unpaired) electrons. The molecular weight excluding hydrogens is 273 g/mol. The predicted molar refractivity (Wildman–Crippen MR) is 72.1 cm³/mol. The van der Waals surface area contributed by atoms with Gasteiger partial charge in [0, 0.05) is 22.5 Å². The van der Waals surface area contributed by atoms with Gasteiger partial charge in [0.15, 0.2) is 0 Å². The highest BCUT2D eigenvalue weighted by Crippen LogP contribution is 2.27. The number of hydrogen-bond donors (Lipinski definition) is 0. The second-order valence-electron chi connectivity index (χ2n) is 3.83. The number of carbonyl (C=O) groups is 1. The molecule has 0 bridgehead atoms. The number of methoxy groups -OCH3 is 1. The largest absolute Gasteiger partial charge is 0.469 e. The standard InChI is InChI=1S/C13H11Cl2NO2/c1-18-13(17)5-3-9-2-4-10-11(15)6-8(14)7-12(10)16-9/h2,4,6-7H,3,5H2,1H3. The molecule has 2 rings (SSSR count). The smallest absolute Gasteiger partial charge is 0.305 e. The maximum absolute atomic E-state index is 11.1. The first-order valence-electron chi connectivity index (χ1n) is 5.41. The van der Waals surface area contributed by atoms with E-state index >= 15 is 0 Å². The van der Waals surface area contributed by atoms with Crippen LogP contribution in [-0.4, -0.2) is 18.1 Å². The van der Waals surface area contributed by atoms with E-state index in [0.29, 0.717) is 22.9 Å². The fourth-order valence-corrected chi connectivity index (χ4v) is 2.22. The van der Waals surface area contributed by atoms with Gasteiger partial charge in [-0.3, -0.25) is 9.78 Å². The Balaban J connectivity index is 2.29. The minimum atomic E-state index is -0.249. The molecule has 5 heteroatoms. The van der Waals surface area contributed by atoms with Gasteiger partial charge < -0.3 is 4.74 Å². The van der Waals surface area contributed by atoms with Crippen LogP contribution in [0.25, 0.3) is 10.9 Å². The van der Waals surface area contributed by atoms with Crippen LogP contribution >= 0.6 is 23.2 Å². The van der Waals surface area contributed by atoms with Gasteiger partial charge in [0.05, 0.1) is 24.1 Å². The van der Waals surface area contributed by atoms with Crippen LogP contribution in [0.5, 0.6) is 0 Å². The molecule has 18 heavy (non-hydrogen) atoms. The molecule has 2 aromatic rings. The summed E-state index contributed by atoms with van der Waals surface area (Å²) in [6.07, 6.45) is 0.843. The molecule has 0 amide bonds. The van der Waals surface area contributed by atoms with E-state index in [0.717, 1.165) is 16.6 Å². The number of hydrogen-bond acceptors (Lipinski definition) is 3. The van der Waals surface area contributed by atoms with Crippen molar-refractivity contribution < 1.29 is 9.53 Å². The first-order chi connectivity index (χ1) is 8.60. The normalized spacial score (nSPS) is 10.6. The predicted octanol–water partition coefficient (Wildman–Crippen LogP) is 3.65. The first-order valence-corrected chi connectivity index (χ1v) is 6.17. The molecule has 0 saturated heterocycles. The van der Waals surface area contributed by atoms with Crippen LogP contribution < -0.4 is 0 Å². The van der Waals surface area contributed by atoms with Crippen LogP contribution in [-0.2, 0) is 16.0 Å². The number of benzene rings is 1. The van der Waals surface area contributed by atoms with Gasteiger partial charge in [0.1, 0.15) is 0 Å². The summed E-state index contributed by atoms with van der Waals surface area (Å²) in [7, 11) is 1.37. The van der Waals surface area contributed by atoms with E-state index in [-0.39, 0.29) is 5.97 Å². The summed E-state index contributed by atoms with van der Waals surface area (Å²) >= 11 is 12.0. The number of pyridine rings is 1. The zero-order valence-corrected chi connectivity index (χ0v) is 11.3. The number of esters is 1. The second kappa shape index (κ2) is 5.55. The number of aryl methyl sites for hydroxylation is 1. The summed E-state index contributed by atoms with van der Waals surface area (Å²) in [5.74, 6) is -0.249. The van der Waals surface area contributed by atoms with E-state index in [2.05, 4.69) is 9.72 Å². The van der Waals surface area contributed by atoms with Gasteiger partial charge in [0.25, 0.3) is 0 Å². The molecule has 0 unspecified atom stereocenters. The zero-order chi connectivity index (χ0) is 13.1. The lowest BCUT2D eigenvalue weighted by molar-refractivity contribution is -0.140. The maximum Gasteiger partial charge on any atom is 0.305 e. The van der Waals surface area contributed by atoms with Gasteiger partial charge in [-0.25, -0.2) is 0 Å². The lowest BCUT2D eigenvalue weighted by Crippen LogP contribution is -2.03. The lowest BCUT2D eigenvalue weighted by atomic mass is 10.1. The summed E-state index contributed by atoms with van der Waals surface area (Å²) in [6.45, 7) is 0. The van der Waals surface area contributed by atoms with Gasteiger partial charge in [-0.1, -0.05) is 23.2 Å². The number of ether oxygens (including phenoxy) is 1. The van der Waals surface area contributed by atoms with Crippen LogP contribution in [0.1, 0.15) is 12.1 Å². The summed E-state index contributed by atoms with van der Waals surface area (Å²) in [6, 6.07) is 7.17. The minimum Gasteiger partial charge on any atom is -0.469 e. The molecule has 0 atom stereocenters. The fourth-order valence-electron chi connectivity index (χ4n) is 1.67. The third-order valence-electron chi connectivity index (χ3n) is 2.59.